The second kappa shape index (κ2) is 9.45. The Labute approximate surface area is 160 Å². The van der Waals surface area contributed by atoms with Crippen molar-refractivity contribution in [2.45, 2.75) is 43.4 Å². The minimum atomic E-state index is -1.67. The molecule has 2 aliphatic rings. The molecule has 1 saturated heterocycles. The van der Waals surface area contributed by atoms with Gasteiger partial charge in [-0.05, 0) is 0 Å². The summed E-state index contributed by atoms with van der Waals surface area (Å²) in [7, 11) is 1.16. The molecule has 0 spiro atoms. The molecule has 2 rings (SSSR count). The standard InChI is InChI=1S/C17H24O11/c1-3-7-8(4-11(19)25-2)9(15(23)24)6-26-16(7)28-17-14(22)13(21)12(20)10(5-18)27-17/h3,6-8,10,12-14,16-18,20-22H,1,4-5H2,2H3,(H,23,24)/t7-,8+,10-,12-,13+,14-,16?,17+/m1/s1. The summed E-state index contributed by atoms with van der Waals surface area (Å²) < 4.78 is 20.7. The molecule has 5 N–H and O–H groups in total. The van der Waals surface area contributed by atoms with Gasteiger partial charge in [-0.25, -0.2) is 4.79 Å². The number of carboxylic acids is 1. The highest BCUT2D eigenvalue weighted by Gasteiger charge is 2.47. The molecule has 2 aliphatic heterocycles. The smallest absolute Gasteiger partial charge is 0.335 e. The first-order valence-corrected chi connectivity index (χ1v) is 8.49. The predicted molar refractivity (Wildman–Crippen MR) is 89.3 cm³/mol. The van der Waals surface area contributed by atoms with Gasteiger partial charge >= 0.3 is 11.9 Å². The number of aliphatic carboxylic acids is 1. The average Bonchev–Trinajstić information content (AvgIpc) is 2.68. The van der Waals surface area contributed by atoms with E-state index in [0.29, 0.717) is 0 Å². The van der Waals surface area contributed by atoms with E-state index in [-0.39, 0.29) is 12.0 Å². The summed E-state index contributed by atoms with van der Waals surface area (Å²) in [5, 5.41) is 48.4. The van der Waals surface area contributed by atoms with E-state index < -0.39 is 67.4 Å². The molecular weight excluding hydrogens is 380 g/mol. The maximum Gasteiger partial charge on any atom is 0.335 e. The Morgan fingerprint density at radius 2 is 1.89 bits per heavy atom. The van der Waals surface area contributed by atoms with Crippen LogP contribution < -0.4 is 0 Å². The van der Waals surface area contributed by atoms with Crippen molar-refractivity contribution in [2.75, 3.05) is 13.7 Å². The zero-order chi connectivity index (χ0) is 21.0. The van der Waals surface area contributed by atoms with Crippen LogP contribution in [0.3, 0.4) is 0 Å². The molecule has 0 aliphatic carbocycles. The molecule has 0 aromatic carbocycles. The molecule has 28 heavy (non-hydrogen) atoms. The normalized spacial score (nSPS) is 38.1. The van der Waals surface area contributed by atoms with Gasteiger partial charge in [-0.1, -0.05) is 6.08 Å². The second-order valence-electron chi connectivity index (χ2n) is 6.42. The van der Waals surface area contributed by atoms with Crippen molar-refractivity contribution in [3.05, 3.63) is 24.5 Å². The second-order valence-corrected chi connectivity index (χ2v) is 6.42. The third-order valence-electron chi connectivity index (χ3n) is 4.76. The maximum absolute atomic E-state index is 11.7. The lowest BCUT2D eigenvalue weighted by molar-refractivity contribution is -0.339. The fraction of sp³-hybridized carbons (Fsp3) is 0.647. The monoisotopic (exact) mass is 404 g/mol. The first-order chi connectivity index (χ1) is 13.2. The molecule has 0 amide bonds. The summed E-state index contributed by atoms with van der Waals surface area (Å²) in [6.07, 6.45) is -6.84. The van der Waals surface area contributed by atoms with Gasteiger partial charge in [0.15, 0.2) is 6.29 Å². The van der Waals surface area contributed by atoms with Crippen LogP contribution in [0.15, 0.2) is 24.5 Å². The van der Waals surface area contributed by atoms with E-state index >= 15 is 0 Å². The summed E-state index contributed by atoms with van der Waals surface area (Å²) in [5.74, 6) is -3.70. The largest absolute Gasteiger partial charge is 0.478 e. The Balaban J connectivity index is 2.23. The number of esters is 1. The topological polar surface area (TPSA) is 172 Å². The Hall–Kier alpha value is -2.02. The van der Waals surface area contributed by atoms with Gasteiger partial charge in [0.1, 0.15) is 24.4 Å². The van der Waals surface area contributed by atoms with Crippen molar-refractivity contribution in [1.29, 1.82) is 0 Å². The number of hydrogen-bond donors (Lipinski definition) is 5. The van der Waals surface area contributed by atoms with Crippen LogP contribution in [-0.2, 0) is 28.5 Å². The number of carbonyl (C=O) groups excluding carboxylic acids is 1. The maximum atomic E-state index is 11.7. The lowest BCUT2D eigenvalue weighted by atomic mass is 9.81. The van der Waals surface area contributed by atoms with E-state index in [9.17, 15) is 35.1 Å². The quantitative estimate of drug-likeness (QED) is 0.237. The van der Waals surface area contributed by atoms with E-state index in [4.69, 9.17) is 14.2 Å². The van der Waals surface area contributed by atoms with Crippen LogP contribution in [0.1, 0.15) is 6.42 Å². The van der Waals surface area contributed by atoms with Crippen LogP contribution in [0, 0.1) is 11.8 Å². The number of hydrogen-bond acceptors (Lipinski definition) is 10. The van der Waals surface area contributed by atoms with E-state index in [1.165, 1.54) is 6.08 Å². The third kappa shape index (κ3) is 4.51. The van der Waals surface area contributed by atoms with Crippen molar-refractivity contribution < 1.29 is 54.1 Å². The van der Waals surface area contributed by atoms with Gasteiger partial charge in [0.2, 0.25) is 6.29 Å². The lowest BCUT2D eigenvalue weighted by Gasteiger charge is -2.42. The van der Waals surface area contributed by atoms with Crippen molar-refractivity contribution in [2.24, 2.45) is 11.8 Å². The number of carbonyl (C=O) groups is 2. The van der Waals surface area contributed by atoms with Crippen molar-refractivity contribution in [3.8, 4) is 0 Å². The van der Waals surface area contributed by atoms with Crippen LogP contribution in [0.4, 0.5) is 0 Å². The molecule has 8 atom stereocenters. The van der Waals surface area contributed by atoms with Gasteiger partial charge in [-0.15, -0.1) is 6.58 Å². The molecule has 0 radical (unpaired) electrons. The Bertz CT molecular complexity index is 616. The van der Waals surface area contributed by atoms with Crippen LogP contribution >= 0.6 is 0 Å². The van der Waals surface area contributed by atoms with Gasteiger partial charge in [0.05, 0.1) is 32.0 Å². The predicted octanol–water partition coefficient (Wildman–Crippen LogP) is -1.89. The van der Waals surface area contributed by atoms with E-state index in [1.807, 2.05) is 0 Å². The van der Waals surface area contributed by atoms with Crippen molar-refractivity contribution in [1.82, 2.24) is 0 Å². The summed E-state index contributed by atoms with van der Waals surface area (Å²) in [6.45, 7) is 2.97. The molecule has 2 heterocycles. The van der Waals surface area contributed by atoms with Crippen LogP contribution in [-0.4, -0.2) is 88.2 Å². The van der Waals surface area contributed by atoms with Crippen LogP contribution in [0.2, 0.25) is 0 Å². The first kappa shape index (κ1) is 22.3. The molecular formula is C17H24O11. The van der Waals surface area contributed by atoms with E-state index in [2.05, 4.69) is 11.3 Å². The van der Waals surface area contributed by atoms with Crippen LogP contribution in [0.5, 0.6) is 0 Å². The number of ether oxygens (including phenoxy) is 4. The Kier molecular flexibility index (Phi) is 7.52. The number of aliphatic hydroxyl groups is 4. The van der Waals surface area contributed by atoms with E-state index in [0.717, 1.165) is 13.4 Å². The summed E-state index contributed by atoms with van der Waals surface area (Å²) >= 11 is 0. The molecule has 1 unspecified atom stereocenters. The summed E-state index contributed by atoms with van der Waals surface area (Å²) in [6, 6.07) is 0. The molecule has 0 bridgehead atoms. The zero-order valence-electron chi connectivity index (χ0n) is 15.1. The van der Waals surface area contributed by atoms with Gasteiger partial charge in [-0.3, -0.25) is 4.79 Å². The first-order valence-electron chi connectivity index (χ1n) is 8.49. The highest BCUT2D eigenvalue weighted by atomic mass is 16.8. The summed E-state index contributed by atoms with van der Waals surface area (Å²) in [5.41, 5.74) is -0.191. The SMILES string of the molecule is C=C[C@H]1C(O[C@@H]2O[C@H](CO)[C@@H](O)[C@H](O)[C@H]2O)OC=C(C(=O)O)[C@H]1CC(=O)OC. The highest BCUT2D eigenvalue weighted by Crippen LogP contribution is 2.36. The van der Waals surface area contributed by atoms with Gasteiger partial charge in [-0.2, -0.15) is 0 Å². The van der Waals surface area contributed by atoms with Crippen molar-refractivity contribution >= 4 is 11.9 Å². The van der Waals surface area contributed by atoms with Gasteiger partial charge < -0.3 is 44.5 Å². The fourth-order valence-corrected chi connectivity index (χ4v) is 3.14. The highest BCUT2D eigenvalue weighted by molar-refractivity contribution is 5.88. The molecule has 158 valence electrons. The molecule has 0 aromatic heterocycles. The molecule has 1 fully saturated rings. The molecule has 0 aromatic rings. The molecule has 11 heteroatoms. The van der Waals surface area contributed by atoms with Gasteiger partial charge in [0.25, 0.3) is 0 Å². The number of rotatable bonds is 7. The number of methoxy groups -OCH3 is 1. The number of aliphatic hydroxyl groups excluding tert-OH is 4. The third-order valence-corrected chi connectivity index (χ3v) is 4.76. The molecule has 0 saturated carbocycles. The summed E-state index contributed by atoms with van der Waals surface area (Å²) in [4.78, 5) is 23.2. The van der Waals surface area contributed by atoms with Crippen LogP contribution in [0.25, 0.3) is 0 Å². The number of carboxylic acid groups (broad SMARTS) is 1. The Morgan fingerprint density at radius 1 is 1.21 bits per heavy atom. The molecule has 11 nitrogen and oxygen atoms in total. The average molecular weight is 404 g/mol. The van der Waals surface area contributed by atoms with E-state index in [1.54, 1.807) is 0 Å². The van der Waals surface area contributed by atoms with Crippen molar-refractivity contribution in [3.63, 3.8) is 0 Å². The lowest BCUT2D eigenvalue weighted by Crippen LogP contribution is -2.60. The Morgan fingerprint density at radius 3 is 2.43 bits per heavy atom. The van der Waals surface area contributed by atoms with Gasteiger partial charge in [0, 0.05) is 11.8 Å². The minimum absolute atomic E-state index is 0.191. The minimum Gasteiger partial charge on any atom is -0.478 e. The fourth-order valence-electron chi connectivity index (χ4n) is 3.14. The zero-order valence-corrected chi connectivity index (χ0v) is 15.1.